The Morgan fingerprint density at radius 3 is 2.62 bits per heavy atom. The van der Waals surface area contributed by atoms with Gasteiger partial charge in [0.15, 0.2) is 6.61 Å². The number of Topliss-reactive ketones (excluding diaryl/α,β-unsaturated/α-hetero) is 1. The average molecular weight is 449 g/mol. The Morgan fingerprint density at radius 2 is 1.88 bits per heavy atom. The number of para-hydroxylation sites is 1. The lowest BCUT2D eigenvalue weighted by atomic mass is 10.1. The molecule has 3 heterocycles. The fourth-order valence-electron chi connectivity index (χ4n) is 3.79. The fraction of sp³-hybridized carbons (Fsp3) is 0.240. The number of carbonyl (C=O) groups excluding carboxylic acids is 2. The molecule has 0 fully saturated rings. The molecule has 3 aromatic heterocycles. The average Bonchev–Trinajstić information content (AvgIpc) is 3.44. The molecule has 0 aliphatic rings. The first kappa shape index (κ1) is 21.9. The highest BCUT2D eigenvalue weighted by atomic mass is 32.1. The Hall–Kier alpha value is -3.29. The Kier molecular flexibility index (Phi) is 6.48. The smallest absolute Gasteiger partial charge is 0.339 e. The van der Waals surface area contributed by atoms with Crippen LogP contribution < -0.4 is 0 Å². The van der Waals surface area contributed by atoms with Crippen molar-refractivity contribution in [2.24, 2.45) is 0 Å². The topological polar surface area (TPSA) is 70.4 Å². The molecule has 0 atom stereocenters. The van der Waals surface area contributed by atoms with Crippen molar-refractivity contribution in [1.82, 2.24) is 9.55 Å². The summed E-state index contributed by atoms with van der Waals surface area (Å²) in [5, 5.41) is 2.66. The number of benzene rings is 1. The minimum Gasteiger partial charge on any atom is -0.454 e. The molecule has 6 nitrogen and oxygen atoms in total. The summed E-state index contributed by atoms with van der Waals surface area (Å²) in [7, 11) is 1.65. The van der Waals surface area contributed by atoms with Crippen molar-refractivity contribution in [1.29, 1.82) is 0 Å². The number of thiophene rings is 1. The van der Waals surface area contributed by atoms with Crippen molar-refractivity contribution in [3.63, 3.8) is 0 Å². The summed E-state index contributed by atoms with van der Waals surface area (Å²) in [6, 6.07) is 14.9. The van der Waals surface area contributed by atoms with E-state index in [4.69, 9.17) is 9.47 Å². The van der Waals surface area contributed by atoms with Gasteiger partial charge in [-0.05, 0) is 43.5 Å². The number of carbonyl (C=O) groups is 2. The third-order valence-electron chi connectivity index (χ3n) is 5.44. The molecule has 0 saturated carbocycles. The molecule has 0 N–H and O–H groups in total. The summed E-state index contributed by atoms with van der Waals surface area (Å²) in [5.41, 5.74) is 4.18. The van der Waals surface area contributed by atoms with E-state index < -0.39 is 5.97 Å². The normalized spacial score (nSPS) is 11.1. The Bertz CT molecular complexity index is 1270. The van der Waals surface area contributed by atoms with Gasteiger partial charge in [-0.25, -0.2) is 9.78 Å². The van der Waals surface area contributed by atoms with E-state index in [0.29, 0.717) is 40.9 Å². The van der Waals surface area contributed by atoms with E-state index in [9.17, 15) is 9.59 Å². The van der Waals surface area contributed by atoms with Crippen LogP contribution in [0.15, 0.2) is 53.9 Å². The van der Waals surface area contributed by atoms with E-state index in [0.717, 1.165) is 16.3 Å². The van der Waals surface area contributed by atoms with Gasteiger partial charge >= 0.3 is 5.97 Å². The quantitative estimate of drug-likeness (QED) is 0.278. The Balaban J connectivity index is 1.57. The first-order chi connectivity index (χ1) is 15.5. The molecular weight excluding hydrogens is 424 g/mol. The second kappa shape index (κ2) is 9.46. The molecule has 0 saturated heterocycles. The van der Waals surface area contributed by atoms with Gasteiger partial charge in [0, 0.05) is 36.0 Å². The zero-order valence-electron chi connectivity index (χ0n) is 18.3. The predicted molar refractivity (Wildman–Crippen MR) is 125 cm³/mol. The second-order valence-corrected chi connectivity index (χ2v) is 8.43. The number of methoxy groups -OCH3 is 1. The van der Waals surface area contributed by atoms with E-state index in [-0.39, 0.29) is 12.4 Å². The largest absolute Gasteiger partial charge is 0.454 e. The Morgan fingerprint density at radius 1 is 1.06 bits per heavy atom. The molecule has 7 heteroatoms. The van der Waals surface area contributed by atoms with Gasteiger partial charge in [-0.3, -0.25) is 4.79 Å². The maximum Gasteiger partial charge on any atom is 0.339 e. The van der Waals surface area contributed by atoms with Crippen LogP contribution in [-0.4, -0.2) is 41.6 Å². The van der Waals surface area contributed by atoms with E-state index in [1.54, 1.807) is 24.5 Å². The number of ether oxygens (including phenoxy) is 2. The summed E-state index contributed by atoms with van der Waals surface area (Å²) >= 11 is 1.55. The number of hydrogen-bond acceptors (Lipinski definition) is 6. The van der Waals surface area contributed by atoms with Crippen molar-refractivity contribution >= 4 is 34.0 Å². The van der Waals surface area contributed by atoms with Crippen molar-refractivity contribution < 1.29 is 19.1 Å². The van der Waals surface area contributed by atoms with Gasteiger partial charge in [0.25, 0.3) is 0 Å². The SMILES string of the molecule is COCCn1c(C)cc(C(=O)COC(=O)c2cc(-c3cccs3)nc3ccccc23)c1C. The summed E-state index contributed by atoms with van der Waals surface area (Å²) in [5.74, 6) is -0.769. The molecule has 1 aromatic carbocycles. The number of pyridine rings is 1. The zero-order valence-corrected chi connectivity index (χ0v) is 19.1. The maximum atomic E-state index is 13.0. The summed E-state index contributed by atoms with van der Waals surface area (Å²) in [6.07, 6.45) is 0. The van der Waals surface area contributed by atoms with Gasteiger partial charge in [-0.1, -0.05) is 24.3 Å². The Labute approximate surface area is 190 Å². The molecule has 0 bridgehead atoms. The van der Waals surface area contributed by atoms with Crippen LogP contribution in [0.1, 0.15) is 32.1 Å². The van der Waals surface area contributed by atoms with Crippen molar-refractivity contribution in [3.8, 4) is 10.6 Å². The van der Waals surface area contributed by atoms with Gasteiger partial charge in [0.1, 0.15) is 0 Å². The lowest BCUT2D eigenvalue weighted by Gasteiger charge is -2.10. The van der Waals surface area contributed by atoms with Gasteiger partial charge < -0.3 is 14.0 Å². The van der Waals surface area contributed by atoms with Crippen molar-refractivity contribution in [2.75, 3.05) is 20.3 Å². The number of fused-ring (bicyclic) bond motifs is 1. The second-order valence-electron chi connectivity index (χ2n) is 7.48. The van der Waals surface area contributed by atoms with Gasteiger partial charge in [0.2, 0.25) is 5.78 Å². The number of nitrogens with zero attached hydrogens (tertiary/aromatic N) is 2. The molecule has 0 aliphatic heterocycles. The highest BCUT2D eigenvalue weighted by molar-refractivity contribution is 7.13. The molecule has 4 rings (SSSR count). The number of ketones is 1. The number of aryl methyl sites for hydroxylation is 1. The van der Waals surface area contributed by atoms with E-state index in [1.165, 1.54) is 0 Å². The van der Waals surface area contributed by atoms with Crippen molar-refractivity contribution in [2.45, 2.75) is 20.4 Å². The number of aromatic nitrogens is 2. The molecule has 0 spiro atoms. The maximum absolute atomic E-state index is 13.0. The molecule has 32 heavy (non-hydrogen) atoms. The van der Waals surface area contributed by atoms with E-state index in [1.807, 2.05) is 66.3 Å². The van der Waals surface area contributed by atoms with E-state index in [2.05, 4.69) is 4.98 Å². The lowest BCUT2D eigenvalue weighted by Crippen LogP contribution is -2.16. The third kappa shape index (κ3) is 4.35. The number of rotatable bonds is 8. The van der Waals surface area contributed by atoms with Crippen LogP contribution in [0.5, 0.6) is 0 Å². The van der Waals surface area contributed by atoms with Crippen LogP contribution in [0, 0.1) is 13.8 Å². The van der Waals surface area contributed by atoms with Gasteiger partial charge in [0.05, 0.1) is 28.3 Å². The van der Waals surface area contributed by atoms with Gasteiger partial charge in [-0.15, -0.1) is 11.3 Å². The van der Waals surface area contributed by atoms with Crippen LogP contribution in [0.4, 0.5) is 0 Å². The molecule has 0 aliphatic carbocycles. The minimum atomic E-state index is -0.539. The minimum absolute atomic E-state index is 0.230. The number of esters is 1. The summed E-state index contributed by atoms with van der Waals surface area (Å²) in [4.78, 5) is 31.5. The monoisotopic (exact) mass is 448 g/mol. The lowest BCUT2D eigenvalue weighted by molar-refractivity contribution is 0.0476. The highest BCUT2D eigenvalue weighted by Crippen LogP contribution is 2.28. The van der Waals surface area contributed by atoms with E-state index >= 15 is 0 Å². The molecule has 0 unspecified atom stereocenters. The van der Waals surface area contributed by atoms with Crippen LogP contribution in [0.3, 0.4) is 0 Å². The first-order valence-electron chi connectivity index (χ1n) is 10.3. The first-order valence-corrected chi connectivity index (χ1v) is 11.2. The number of hydrogen-bond donors (Lipinski definition) is 0. The fourth-order valence-corrected chi connectivity index (χ4v) is 4.48. The molecular formula is C25H24N2O4S. The molecule has 0 radical (unpaired) electrons. The molecule has 0 amide bonds. The van der Waals surface area contributed by atoms with Crippen LogP contribution >= 0.6 is 11.3 Å². The summed E-state index contributed by atoms with van der Waals surface area (Å²) < 4.78 is 12.6. The molecule has 164 valence electrons. The standard InChI is InChI=1S/C25H24N2O4S/c1-16-13-19(17(2)27(16)10-11-30-3)23(28)15-31-25(29)20-14-22(24-9-6-12-32-24)26-21-8-5-4-7-18(20)21/h4-9,12-14H,10-11,15H2,1-3H3. The highest BCUT2D eigenvalue weighted by Gasteiger charge is 2.20. The zero-order chi connectivity index (χ0) is 22.7. The van der Waals surface area contributed by atoms with Crippen LogP contribution in [0.2, 0.25) is 0 Å². The third-order valence-corrected chi connectivity index (χ3v) is 6.33. The van der Waals surface area contributed by atoms with Crippen LogP contribution in [-0.2, 0) is 16.0 Å². The van der Waals surface area contributed by atoms with Gasteiger partial charge in [-0.2, -0.15) is 0 Å². The molecule has 4 aromatic rings. The predicted octanol–water partition coefficient (Wildman–Crippen LogP) is 5.07. The van der Waals surface area contributed by atoms with Crippen molar-refractivity contribution in [3.05, 3.63) is 76.4 Å². The van der Waals surface area contributed by atoms with Crippen LogP contribution in [0.25, 0.3) is 21.5 Å². The summed E-state index contributed by atoms with van der Waals surface area (Å²) in [6.45, 7) is 4.73.